The van der Waals surface area contributed by atoms with Crippen LogP contribution in [0.4, 0.5) is 10.1 Å². The molecule has 1 aliphatic heterocycles. The van der Waals surface area contributed by atoms with Crippen LogP contribution in [0, 0.1) is 12.7 Å². The first kappa shape index (κ1) is 22.1. The molecular weight excluding hydrogens is 423 g/mol. The second kappa shape index (κ2) is 8.82. The minimum absolute atomic E-state index is 0.105. The van der Waals surface area contributed by atoms with Crippen molar-refractivity contribution in [1.29, 1.82) is 0 Å². The zero-order valence-corrected chi connectivity index (χ0v) is 18.5. The number of hydrogen-bond acceptors (Lipinski definition) is 4. The summed E-state index contributed by atoms with van der Waals surface area (Å²) in [5.74, 6) is -1.38. The minimum Gasteiger partial charge on any atom is -0.322 e. The average molecular weight is 446 g/mol. The van der Waals surface area contributed by atoms with E-state index in [0.29, 0.717) is 28.0 Å². The first-order chi connectivity index (χ1) is 15.7. The largest absolute Gasteiger partial charge is 0.322 e. The van der Waals surface area contributed by atoms with E-state index in [2.05, 4.69) is 10.4 Å². The fourth-order valence-electron chi connectivity index (χ4n) is 3.85. The Kier molecular flexibility index (Phi) is 5.91. The van der Waals surface area contributed by atoms with Crippen LogP contribution in [-0.2, 0) is 16.6 Å². The molecule has 8 heteroatoms. The Morgan fingerprint density at radius 1 is 1.09 bits per heavy atom. The molecule has 1 N–H and O–H groups in total. The van der Waals surface area contributed by atoms with Crippen LogP contribution in [-0.4, -0.2) is 33.5 Å². The number of anilines is 1. The fraction of sp³-hybridized carbons (Fsp3) is 0.200. The summed E-state index contributed by atoms with van der Waals surface area (Å²) in [6, 6.07) is 12.8. The molecule has 0 saturated heterocycles. The molecule has 168 valence electrons. The molecule has 0 aliphatic carbocycles. The molecule has 0 fully saturated rings. The van der Waals surface area contributed by atoms with Crippen molar-refractivity contribution in [2.45, 2.75) is 19.3 Å². The average Bonchev–Trinajstić information content (AvgIpc) is 2.79. The summed E-state index contributed by atoms with van der Waals surface area (Å²) in [5, 5.41) is 6.87. The number of benzene rings is 2. The second-order valence-corrected chi connectivity index (χ2v) is 8.05. The molecule has 0 spiro atoms. The normalized spacial score (nSPS) is 15.9. The molecule has 1 aromatic heterocycles. The van der Waals surface area contributed by atoms with Gasteiger partial charge in [0.15, 0.2) is 0 Å². The lowest BCUT2D eigenvalue weighted by Gasteiger charge is -2.28. The van der Waals surface area contributed by atoms with Gasteiger partial charge >= 0.3 is 0 Å². The van der Waals surface area contributed by atoms with Crippen LogP contribution in [0.2, 0.25) is 0 Å². The number of amides is 2. The van der Waals surface area contributed by atoms with Gasteiger partial charge in [0.05, 0.1) is 5.56 Å². The van der Waals surface area contributed by atoms with Gasteiger partial charge in [0.25, 0.3) is 11.5 Å². The van der Waals surface area contributed by atoms with Crippen LogP contribution in [0.25, 0.3) is 11.1 Å². The molecular formula is C25H23FN4O3. The molecule has 2 heterocycles. The zero-order chi connectivity index (χ0) is 23.7. The van der Waals surface area contributed by atoms with E-state index in [1.807, 2.05) is 19.1 Å². The number of rotatable bonds is 4. The Morgan fingerprint density at radius 2 is 1.82 bits per heavy atom. The Labute approximate surface area is 190 Å². The number of hydrogen-bond donors (Lipinski definition) is 1. The smallest absolute Gasteiger partial charge is 0.274 e. The van der Waals surface area contributed by atoms with Crippen LogP contribution in [0.15, 0.2) is 71.3 Å². The van der Waals surface area contributed by atoms with Gasteiger partial charge in [0.2, 0.25) is 5.91 Å². The predicted molar refractivity (Wildman–Crippen MR) is 123 cm³/mol. The number of halogens is 1. The Morgan fingerprint density at radius 3 is 2.55 bits per heavy atom. The Balaban J connectivity index is 1.68. The van der Waals surface area contributed by atoms with E-state index >= 15 is 0 Å². The van der Waals surface area contributed by atoms with E-state index in [4.69, 9.17) is 0 Å². The number of nitrogens with one attached hydrogen (secondary N) is 1. The first-order valence-corrected chi connectivity index (χ1v) is 10.4. The van der Waals surface area contributed by atoms with Crippen molar-refractivity contribution in [2.75, 3.05) is 12.4 Å². The quantitative estimate of drug-likeness (QED) is 0.666. The highest BCUT2D eigenvalue weighted by Crippen LogP contribution is 2.34. The lowest BCUT2D eigenvalue weighted by atomic mass is 9.85. The van der Waals surface area contributed by atoms with Crippen LogP contribution in [0.1, 0.15) is 23.5 Å². The zero-order valence-electron chi connectivity index (χ0n) is 18.5. The van der Waals surface area contributed by atoms with Gasteiger partial charge in [-0.05, 0) is 47.9 Å². The van der Waals surface area contributed by atoms with Crippen molar-refractivity contribution in [3.05, 3.63) is 93.8 Å². The summed E-state index contributed by atoms with van der Waals surface area (Å²) in [5.41, 5.74) is 3.32. The van der Waals surface area contributed by atoms with Gasteiger partial charge in [-0.3, -0.25) is 14.4 Å². The monoisotopic (exact) mass is 446 g/mol. The van der Waals surface area contributed by atoms with Crippen molar-refractivity contribution in [3.63, 3.8) is 0 Å². The molecule has 0 saturated carbocycles. The highest BCUT2D eigenvalue weighted by molar-refractivity contribution is 6.07. The maximum Gasteiger partial charge on any atom is 0.274 e. The fourth-order valence-corrected chi connectivity index (χ4v) is 3.85. The predicted octanol–water partition coefficient (Wildman–Crippen LogP) is 3.36. The summed E-state index contributed by atoms with van der Waals surface area (Å²) in [6.07, 6.45) is 3.17. The van der Waals surface area contributed by atoms with Gasteiger partial charge in [-0.1, -0.05) is 24.3 Å². The van der Waals surface area contributed by atoms with Gasteiger partial charge in [0.1, 0.15) is 5.82 Å². The van der Waals surface area contributed by atoms with Gasteiger partial charge in [-0.15, -0.1) is 0 Å². The van der Waals surface area contributed by atoms with Crippen molar-refractivity contribution in [2.24, 2.45) is 7.05 Å². The highest BCUT2D eigenvalue weighted by Gasteiger charge is 2.31. The van der Waals surface area contributed by atoms with E-state index in [0.717, 1.165) is 5.56 Å². The maximum atomic E-state index is 13.4. The third-order valence-electron chi connectivity index (χ3n) is 5.82. The van der Waals surface area contributed by atoms with Crippen molar-refractivity contribution in [3.8, 4) is 11.1 Å². The van der Waals surface area contributed by atoms with Crippen molar-refractivity contribution < 1.29 is 14.0 Å². The molecule has 3 aromatic rings. The number of carbonyl (C=O) groups is 2. The number of carbonyl (C=O) groups excluding carboxylic acids is 2. The first-order valence-electron chi connectivity index (χ1n) is 10.4. The van der Waals surface area contributed by atoms with Crippen molar-refractivity contribution >= 4 is 17.5 Å². The van der Waals surface area contributed by atoms with Crippen LogP contribution in [0.3, 0.4) is 0 Å². The van der Waals surface area contributed by atoms with E-state index in [9.17, 15) is 18.8 Å². The Hall–Kier alpha value is -4.07. The Bertz CT molecular complexity index is 1330. The molecule has 4 rings (SSSR count). The standard InChI is InChI=1S/C25H23FN4O3/c1-15-4-5-17(19-10-11-27-30(3)25(19)33)12-22(15)28-24(32)21-14-29(2)23(31)13-20(21)16-6-8-18(26)9-7-16/h4-12,14,20H,13H2,1-3H3,(H,28,32)/t20-/m0/s1. The molecule has 33 heavy (non-hydrogen) atoms. The van der Waals surface area contributed by atoms with Crippen LogP contribution >= 0.6 is 0 Å². The third kappa shape index (κ3) is 4.45. The number of aryl methyl sites for hydroxylation is 2. The molecule has 0 radical (unpaired) electrons. The summed E-state index contributed by atoms with van der Waals surface area (Å²) >= 11 is 0. The number of aromatic nitrogens is 2. The molecule has 2 amide bonds. The third-order valence-corrected chi connectivity index (χ3v) is 5.82. The van der Waals surface area contributed by atoms with Crippen molar-refractivity contribution in [1.82, 2.24) is 14.7 Å². The minimum atomic E-state index is -0.495. The molecule has 1 aliphatic rings. The topological polar surface area (TPSA) is 84.3 Å². The molecule has 7 nitrogen and oxygen atoms in total. The number of nitrogens with zero attached hydrogens (tertiary/aromatic N) is 3. The van der Waals surface area contributed by atoms with E-state index in [1.54, 1.807) is 44.6 Å². The summed E-state index contributed by atoms with van der Waals surface area (Å²) in [6.45, 7) is 1.85. The molecule has 0 bridgehead atoms. The summed E-state index contributed by atoms with van der Waals surface area (Å²) in [7, 11) is 3.17. The van der Waals surface area contributed by atoms with Gasteiger partial charge in [0, 0.05) is 50.1 Å². The van der Waals surface area contributed by atoms with Gasteiger partial charge in [-0.25, -0.2) is 9.07 Å². The van der Waals surface area contributed by atoms with E-state index in [-0.39, 0.29) is 29.6 Å². The van der Waals surface area contributed by atoms with E-state index in [1.165, 1.54) is 27.9 Å². The molecule has 1 atom stereocenters. The van der Waals surface area contributed by atoms with Gasteiger partial charge in [-0.2, -0.15) is 5.10 Å². The SMILES string of the molecule is Cc1ccc(-c2ccnn(C)c2=O)cc1NC(=O)C1=CN(C)C(=O)C[C@H]1c1ccc(F)cc1. The highest BCUT2D eigenvalue weighted by atomic mass is 19.1. The van der Waals surface area contributed by atoms with E-state index < -0.39 is 5.92 Å². The second-order valence-electron chi connectivity index (χ2n) is 8.05. The summed E-state index contributed by atoms with van der Waals surface area (Å²) < 4.78 is 14.7. The lowest BCUT2D eigenvalue weighted by Crippen LogP contribution is -2.33. The molecule has 2 aromatic carbocycles. The summed E-state index contributed by atoms with van der Waals surface area (Å²) in [4.78, 5) is 39.5. The lowest BCUT2D eigenvalue weighted by molar-refractivity contribution is -0.128. The van der Waals surface area contributed by atoms with Gasteiger partial charge < -0.3 is 10.2 Å². The van der Waals surface area contributed by atoms with Crippen LogP contribution < -0.4 is 10.9 Å². The maximum absolute atomic E-state index is 13.4. The van der Waals surface area contributed by atoms with Crippen LogP contribution in [0.5, 0.6) is 0 Å². The molecule has 0 unspecified atom stereocenters.